The minimum Gasteiger partial charge on any atom is -0.508 e. The highest BCUT2D eigenvalue weighted by atomic mass is 16.5. The van der Waals surface area contributed by atoms with Gasteiger partial charge >= 0.3 is 5.97 Å². The predicted octanol–water partition coefficient (Wildman–Crippen LogP) is 5.39. The third-order valence-electron chi connectivity index (χ3n) is 5.72. The van der Waals surface area contributed by atoms with E-state index in [9.17, 15) is 14.7 Å². The summed E-state index contributed by atoms with van der Waals surface area (Å²) in [6.07, 6.45) is 1.62. The third-order valence-corrected chi connectivity index (χ3v) is 5.72. The van der Waals surface area contributed by atoms with E-state index in [1.807, 2.05) is 38.1 Å². The van der Waals surface area contributed by atoms with Crippen molar-refractivity contribution in [1.29, 1.82) is 0 Å². The fourth-order valence-corrected chi connectivity index (χ4v) is 4.23. The maximum Gasteiger partial charge on any atom is 0.312 e. The van der Waals surface area contributed by atoms with Gasteiger partial charge in [-0.15, -0.1) is 0 Å². The summed E-state index contributed by atoms with van der Waals surface area (Å²) in [5, 5.41) is 9.95. The maximum absolute atomic E-state index is 13.3. The van der Waals surface area contributed by atoms with Crippen LogP contribution in [0.2, 0.25) is 0 Å². The van der Waals surface area contributed by atoms with Crippen molar-refractivity contribution in [2.45, 2.75) is 32.3 Å². The molecule has 4 aromatic rings. The smallest absolute Gasteiger partial charge is 0.312 e. The van der Waals surface area contributed by atoms with E-state index in [1.165, 1.54) is 18.4 Å². The lowest BCUT2D eigenvalue weighted by molar-refractivity contribution is -0.135. The molecule has 33 heavy (non-hydrogen) atoms. The topological polar surface area (TPSA) is 86.0 Å². The molecule has 2 heterocycles. The highest BCUT2D eigenvalue weighted by Gasteiger charge is 2.32. The lowest BCUT2D eigenvalue weighted by Crippen LogP contribution is -2.22. The Hall–Kier alpha value is -4.06. The number of phenolic OH excluding ortho intramolecular Hbond substituents is 1. The van der Waals surface area contributed by atoms with Gasteiger partial charge in [0, 0.05) is 11.5 Å². The molecule has 1 aromatic heterocycles. The molecular formula is C27H22O6. The van der Waals surface area contributed by atoms with Gasteiger partial charge in [-0.3, -0.25) is 9.59 Å². The van der Waals surface area contributed by atoms with Crippen LogP contribution >= 0.6 is 0 Å². The Morgan fingerprint density at radius 2 is 1.70 bits per heavy atom. The summed E-state index contributed by atoms with van der Waals surface area (Å²) in [7, 11) is 0. The second kappa shape index (κ2) is 8.13. The summed E-state index contributed by atoms with van der Waals surface area (Å²) >= 11 is 0. The number of hydrogen-bond donors (Lipinski definition) is 1. The lowest BCUT2D eigenvalue weighted by Gasteiger charge is -2.25. The zero-order valence-corrected chi connectivity index (χ0v) is 18.2. The van der Waals surface area contributed by atoms with Crippen LogP contribution in [-0.4, -0.2) is 17.2 Å². The molecule has 166 valence electrons. The van der Waals surface area contributed by atoms with E-state index < -0.39 is 0 Å². The molecule has 5 rings (SSSR count). The fourth-order valence-electron chi connectivity index (χ4n) is 4.23. The van der Waals surface area contributed by atoms with Gasteiger partial charge in [-0.2, -0.15) is 0 Å². The van der Waals surface area contributed by atoms with Gasteiger partial charge in [-0.05, 0) is 61.4 Å². The summed E-state index contributed by atoms with van der Waals surface area (Å²) in [5.41, 5.74) is 2.83. The molecule has 6 nitrogen and oxygen atoms in total. The second-order valence-electron chi connectivity index (χ2n) is 8.35. The van der Waals surface area contributed by atoms with Gasteiger partial charge in [0.05, 0.1) is 23.5 Å². The van der Waals surface area contributed by atoms with Crippen LogP contribution in [0, 0.1) is 0 Å². The van der Waals surface area contributed by atoms with Crippen LogP contribution in [-0.2, 0) is 4.79 Å². The molecule has 0 bridgehead atoms. The standard InChI is InChI=1S/C27H22O6/c1-15(2)32-19-9-5-16(6-10-19)21-13-24(29)33-23-12-11-20-26(30)22(14-31-27(20)25(21)23)17-3-7-18(28)8-4-17/h3-12,14-15,21,28H,13H2,1-2H3/t21-/m0/s1. The van der Waals surface area contributed by atoms with Crippen molar-refractivity contribution >= 4 is 16.9 Å². The normalized spacial score (nSPS) is 15.4. The van der Waals surface area contributed by atoms with Gasteiger partial charge in [0.15, 0.2) is 0 Å². The number of fused-ring (bicyclic) bond motifs is 3. The molecule has 0 fully saturated rings. The van der Waals surface area contributed by atoms with Gasteiger partial charge in [-0.25, -0.2) is 0 Å². The SMILES string of the molecule is CC(C)Oc1ccc([C@@H]2CC(=O)Oc3ccc4c(=O)c(-c5ccc(O)cc5)coc4c32)cc1. The molecular weight excluding hydrogens is 420 g/mol. The summed E-state index contributed by atoms with van der Waals surface area (Å²) in [6, 6.07) is 17.2. The summed E-state index contributed by atoms with van der Waals surface area (Å²) in [4.78, 5) is 25.6. The molecule has 0 unspecified atom stereocenters. The number of aromatic hydroxyl groups is 1. The first kappa shape index (κ1) is 20.8. The predicted molar refractivity (Wildman–Crippen MR) is 124 cm³/mol. The van der Waals surface area contributed by atoms with Crippen LogP contribution in [0.3, 0.4) is 0 Å². The summed E-state index contributed by atoms with van der Waals surface area (Å²) < 4.78 is 17.2. The van der Waals surface area contributed by atoms with Crippen molar-refractivity contribution in [1.82, 2.24) is 0 Å². The average Bonchev–Trinajstić information content (AvgIpc) is 2.79. The van der Waals surface area contributed by atoms with E-state index in [-0.39, 0.29) is 35.6 Å². The Morgan fingerprint density at radius 1 is 0.970 bits per heavy atom. The number of rotatable bonds is 4. The van der Waals surface area contributed by atoms with Crippen LogP contribution < -0.4 is 14.9 Å². The Morgan fingerprint density at radius 3 is 2.39 bits per heavy atom. The summed E-state index contributed by atoms with van der Waals surface area (Å²) in [6.45, 7) is 3.92. The molecule has 3 aromatic carbocycles. The monoisotopic (exact) mass is 442 g/mol. The van der Waals surface area contributed by atoms with Gasteiger partial charge in [0.1, 0.15) is 29.1 Å². The van der Waals surface area contributed by atoms with Crippen LogP contribution in [0.1, 0.15) is 37.3 Å². The average molecular weight is 442 g/mol. The van der Waals surface area contributed by atoms with Crippen LogP contribution in [0.25, 0.3) is 22.1 Å². The van der Waals surface area contributed by atoms with Gasteiger partial charge in [0.25, 0.3) is 0 Å². The Balaban J connectivity index is 1.64. The van der Waals surface area contributed by atoms with E-state index in [0.29, 0.717) is 33.4 Å². The Bertz CT molecular complexity index is 1400. The molecule has 6 heteroatoms. The number of esters is 1. The van der Waals surface area contributed by atoms with Crippen LogP contribution in [0.4, 0.5) is 0 Å². The van der Waals surface area contributed by atoms with E-state index in [2.05, 4.69) is 0 Å². The molecule has 0 amide bonds. The maximum atomic E-state index is 13.3. The van der Waals surface area contributed by atoms with Gasteiger partial charge in [0.2, 0.25) is 5.43 Å². The molecule has 0 spiro atoms. The number of ether oxygens (including phenoxy) is 2. The van der Waals surface area contributed by atoms with Crippen molar-refractivity contribution in [2.24, 2.45) is 0 Å². The number of phenols is 1. The zero-order chi connectivity index (χ0) is 23.1. The molecule has 1 aliphatic rings. The number of hydrogen-bond acceptors (Lipinski definition) is 6. The quantitative estimate of drug-likeness (QED) is 0.337. The summed E-state index contributed by atoms with van der Waals surface area (Å²) in [5.74, 6) is 0.604. The first-order valence-corrected chi connectivity index (χ1v) is 10.8. The van der Waals surface area contributed by atoms with Crippen molar-refractivity contribution in [3.05, 3.63) is 88.3 Å². The minimum atomic E-state index is -0.336. The highest BCUT2D eigenvalue weighted by Crippen LogP contribution is 2.43. The van der Waals surface area contributed by atoms with Crippen molar-refractivity contribution in [2.75, 3.05) is 0 Å². The molecule has 1 aliphatic heterocycles. The number of carbonyl (C=O) groups excluding carboxylic acids is 1. The first-order chi connectivity index (χ1) is 15.9. The van der Waals surface area contributed by atoms with Crippen molar-refractivity contribution < 1.29 is 23.8 Å². The van der Waals surface area contributed by atoms with Crippen LogP contribution in [0.15, 0.2) is 76.1 Å². The van der Waals surface area contributed by atoms with E-state index in [1.54, 1.807) is 24.3 Å². The molecule has 1 atom stereocenters. The largest absolute Gasteiger partial charge is 0.508 e. The second-order valence-corrected chi connectivity index (χ2v) is 8.35. The molecule has 1 N–H and O–H groups in total. The molecule has 0 aliphatic carbocycles. The number of carbonyl (C=O) groups is 1. The molecule has 0 saturated carbocycles. The Kier molecular flexibility index (Phi) is 5.13. The molecule has 0 radical (unpaired) electrons. The highest BCUT2D eigenvalue weighted by molar-refractivity contribution is 5.90. The third kappa shape index (κ3) is 3.84. The van der Waals surface area contributed by atoms with Crippen molar-refractivity contribution in [3.8, 4) is 28.4 Å². The first-order valence-electron chi connectivity index (χ1n) is 10.8. The van der Waals surface area contributed by atoms with Crippen molar-refractivity contribution in [3.63, 3.8) is 0 Å². The number of benzene rings is 3. The van der Waals surface area contributed by atoms with Gasteiger partial charge in [-0.1, -0.05) is 24.3 Å². The van der Waals surface area contributed by atoms with Crippen LogP contribution in [0.5, 0.6) is 17.2 Å². The zero-order valence-electron chi connectivity index (χ0n) is 18.2. The molecule has 0 saturated heterocycles. The van der Waals surface area contributed by atoms with E-state index in [0.717, 1.165) is 11.3 Å². The Labute approximate surface area is 190 Å². The van der Waals surface area contributed by atoms with Gasteiger partial charge < -0.3 is 19.0 Å². The van der Waals surface area contributed by atoms with E-state index >= 15 is 0 Å². The fraction of sp³-hybridized carbons (Fsp3) is 0.185. The lowest BCUT2D eigenvalue weighted by atomic mass is 9.85. The minimum absolute atomic E-state index is 0.0576. The van der Waals surface area contributed by atoms with E-state index in [4.69, 9.17) is 13.9 Å².